The molecule has 52 heavy (non-hydrogen) atoms. The lowest BCUT2D eigenvalue weighted by molar-refractivity contribution is -0.181. The second-order valence-corrected chi connectivity index (χ2v) is 19.8. The Morgan fingerprint density at radius 2 is 1.69 bits per heavy atom. The molecule has 7 atom stereocenters. The first-order chi connectivity index (χ1) is 24.6. The Labute approximate surface area is 309 Å². The van der Waals surface area contributed by atoms with Gasteiger partial charge in [-0.05, 0) is 137 Å². The Bertz CT molecular complexity index is 2100. The fourth-order valence-electron chi connectivity index (χ4n) is 13.5. The molecule has 0 spiro atoms. The number of benzene rings is 2. The molecule has 3 saturated carbocycles. The van der Waals surface area contributed by atoms with Gasteiger partial charge in [-0.15, -0.1) is 0 Å². The van der Waals surface area contributed by atoms with Crippen molar-refractivity contribution in [2.75, 3.05) is 5.73 Å². The average molecular weight is 699 g/mol. The van der Waals surface area contributed by atoms with Crippen molar-refractivity contribution in [3.63, 3.8) is 0 Å². The van der Waals surface area contributed by atoms with Gasteiger partial charge in [0.15, 0.2) is 0 Å². The van der Waals surface area contributed by atoms with Gasteiger partial charge >= 0.3 is 5.97 Å². The number of nitrogens with one attached hydrogen (secondary N) is 2. The van der Waals surface area contributed by atoms with Crippen molar-refractivity contribution in [3.8, 4) is 0 Å². The zero-order valence-corrected chi connectivity index (χ0v) is 32.4. The van der Waals surface area contributed by atoms with E-state index in [1.165, 1.54) is 46.1 Å². The lowest BCUT2D eigenvalue weighted by Crippen LogP contribution is -2.65. The van der Waals surface area contributed by atoms with Crippen LogP contribution in [0.15, 0.2) is 66.4 Å². The SMILES string of the molecule is CC1(C)CC[C@]2(C(=O)OCc3ccccc3)CC[C@]3(C)C(=C(c4ccc5[nH]ccc5c4)CC4[C@@]5(C)Cc6c(N)n[nH]c6C(C)(C)C5CC[C@]43C)C2C1. The van der Waals surface area contributed by atoms with Crippen LogP contribution in [-0.4, -0.2) is 21.2 Å². The Hall–Kier alpha value is -3.80. The number of rotatable bonds is 4. The predicted octanol–water partition coefficient (Wildman–Crippen LogP) is 10.6. The van der Waals surface area contributed by atoms with Crippen molar-refractivity contribution in [1.82, 2.24) is 15.2 Å². The molecule has 3 unspecified atom stereocenters. The van der Waals surface area contributed by atoms with Crippen LogP contribution in [-0.2, 0) is 28.0 Å². The van der Waals surface area contributed by atoms with Crippen molar-refractivity contribution in [2.24, 2.45) is 44.8 Å². The Morgan fingerprint density at radius 3 is 2.48 bits per heavy atom. The van der Waals surface area contributed by atoms with E-state index < -0.39 is 5.41 Å². The van der Waals surface area contributed by atoms with Crippen LogP contribution in [0.3, 0.4) is 0 Å². The highest BCUT2D eigenvalue weighted by Gasteiger charge is 2.70. The minimum Gasteiger partial charge on any atom is -0.460 e. The summed E-state index contributed by atoms with van der Waals surface area (Å²) in [6.45, 7) is 17.9. The van der Waals surface area contributed by atoms with Crippen molar-refractivity contribution < 1.29 is 9.53 Å². The number of ether oxygens (including phenoxy) is 1. The highest BCUT2D eigenvalue weighted by molar-refractivity contribution is 5.86. The molecule has 274 valence electrons. The number of esters is 1. The van der Waals surface area contributed by atoms with E-state index >= 15 is 0 Å². The van der Waals surface area contributed by atoms with Crippen molar-refractivity contribution >= 4 is 28.3 Å². The first-order valence-corrected chi connectivity index (χ1v) is 20.0. The molecule has 0 aliphatic heterocycles. The van der Waals surface area contributed by atoms with Gasteiger partial charge in [0.1, 0.15) is 12.4 Å². The van der Waals surface area contributed by atoms with Gasteiger partial charge in [-0.1, -0.05) is 90.4 Å². The van der Waals surface area contributed by atoms with Gasteiger partial charge in [-0.25, -0.2) is 0 Å². The van der Waals surface area contributed by atoms with Crippen LogP contribution in [0.25, 0.3) is 16.5 Å². The summed E-state index contributed by atoms with van der Waals surface area (Å²) < 4.78 is 6.39. The van der Waals surface area contributed by atoms with Crippen LogP contribution in [0.2, 0.25) is 0 Å². The molecule has 5 aliphatic carbocycles. The van der Waals surface area contributed by atoms with Crippen molar-refractivity contribution in [3.05, 3.63) is 88.8 Å². The fourth-order valence-corrected chi connectivity index (χ4v) is 13.5. The van der Waals surface area contributed by atoms with Crippen LogP contribution in [0.4, 0.5) is 5.82 Å². The average Bonchev–Trinajstić information content (AvgIpc) is 3.73. The molecule has 3 fully saturated rings. The molecule has 2 aromatic carbocycles. The second kappa shape index (κ2) is 11.1. The molecule has 9 rings (SSSR count). The zero-order valence-electron chi connectivity index (χ0n) is 32.4. The van der Waals surface area contributed by atoms with Gasteiger partial charge in [-0.2, -0.15) is 5.10 Å². The topological polar surface area (TPSA) is 96.8 Å². The van der Waals surface area contributed by atoms with Gasteiger partial charge in [0, 0.05) is 28.4 Å². The number of aromatic amines is 2. The van der Waals surface area contributed by atoms with Gasteiger partial charge in [-0.3, -0.25) is 9.89 Å². The molecule has 5 aliphatic rings. The van der Waals surface area contributed by atoms with Crippen LogP contribution in [0, 0.1) is 44.8 Å². The number of hydrogen-bond donors (Lipinski definition) is 3. The smallest absolute Gasteiger partial charge is 0.313 e. The number of allylic oxidation sites excluding steroid dienone is 2. The van der Waals surface area contributed by atoms with E-state index in [0.29, 0.717) is 24.3 Å². The standard InChI is InChI=1S/C46H58N4O2/c1-41(2)18-20-46(40(51)52-27-28-11-9-8-10-12-28)21-19-45(7)37(33(46)26-41)31(29-13-14-34-30(23-29)16-22-48-34)24-36-43(5)25-32-38(49-50-39(32)47)42(3,4)35(43)15-17-44(36,45)6/h8-14,16,22-23,33,35-36,48H,15,17-21,24-27H2,1-7H3,(H3,47,49,50)/t33?,35?,36?,43-,44+,45+,46-/m0/s1. The molecule has 6 nitrogen and oxygen atoms in total. The third-order valence-electron chi connectivity index (χ3n) is 16.5. The summed E-state index contributed by atoms with van der Waals surface area (Å²) in [7, 11) is 0. The Kier molecular flexibility index (Phi) is 7.27. The molecule has 0 radical (unpaired) electrons. The summed E-state index contributed by atoms with van der Waals surface area (Å²) >= 11 is 0. The van der Waals surface area contributed by atoms with Crippen LogP contribution in [0.1, 0.15) is 122 Å². The minimum atomic E-state index is -0.514. The Balaban J connectivity index is 1.24. The maximum Gasteiger partial charge on any atom is 0.313 e. The molecule has 2 aromatic heterocycles. The zero-order chi connectivity index (χ0) is 36.5. The van der Waals surface area contributed by atoms with E-state index in [2.05, 4.69) is 106 Å². The molecule has 0 saturated heterocycles. The van der Waals surface area contributed by atoms with E-state index in [-0.39, 0.29) is 39.0 Å². The van der Waals surface area contributed by atoms with Gasteiger partial charge in [0.25, 0.3) is 0 Å². The lowest BCUT2D eigenvalue weighted by Gasteiger charge is -2.71. The molecular formula is C46H58N4O2. The molecular weight excluding hydrogens is 641 g/mol. The lowest BCUT2D eigenvalue weighted by atomic mass is 9.33. The number of carbonyl (C=O) groups is 1. The number of carbonyl (C=O) groups excluding carboxylic acids is 1. The number of fused-ring (bicyclic) bond motifs is 9. The maximum absolute atomic E-state index is 14.8. The highest BCUT2D eigenvalue weighted by Crippen LogP contribution is 2.77. The molecule has 6 heteroatoms. The third kappa shape index (κ3) is 4.54. The van der Waals surface area contributed by atoms with Crippen molar-refractivity contribution in [1.29, 1.82) is 0 Å². The maximum atomic E-state index is 14.8. The highest BCUT2D eigenvalue weighted by atomic mass is 16.5. The number of nitrogen functional groups attached to an aromatic ring is 1. The third-order valence-corrected chi connectivity index (χ3v) is 16.5. The van der Waals surface area contributed by atoms with Gasteiger partial charge in [0.2, 0.25) is 0 Å². The summed E-state index contributed by atoms with van der Waals surface area (Å²) in [5.41, 5.74) is 15.4. The summed E-state index contributed by atoms with van der Waals surface area (Å²) in [5.74, 6) is 1.78. The first-order valence-electron chi connectivity index (χ1n) is 20.0. The normalized spacial score (nSPS) is 35.9. The minimum absolute atomic E-state index is 0.0202. The van der Waals surface area contributed by atoms with E-state index in [1.807, 2.05) is 18.2 Å². The van der Waals surface area contributed by atoms with Gasteiger partial charge < -0.3 is 15.5 Å². The van der Waals surface area contributed by atoms with E-state index in [4.69, 9.17) is 10.5 Å². The number of aromatic nitrogens is 3. The van der Waals surface area contributed by atoms with Crippen LogP contribution < -0.4 is 5.73 Å². The number of nitrogens with two attached hydrogens (primary N) is 1. The largest absolute Gasteiger partial charge is 0.460 e. The quantitative estimate of drug-likeness (QED) is 0.185. The fraction of sp³-hybridized carbons (Fsp3) is 0.565. The van der Waals surface area contributed by atoms with Crippen molar-refractivity contribution in [2.45, 2.75) is 118 Å². The van der Waals surface area contributed by atoms with Crippen LogP contribution in [0.5, 0.6) is 0 Å². The monoisotopic (exact) mass is 698 g/mol. The van der Waals surface area contributed by atoms with E-state index in [0.717, 1.165) is 50.5 Å². The molecule has 2 heterocycles. The van der Waals surface area contributed by atoms with Gasteiger partial charge in [0.05, 0.1) is 5.41 Å². The van der Waals surface area contributed by atoms with Crippen LogP contribution >= 0.6 is 0 Å². The molecule has 0 amide bonds. The number of nitrogens with zero attached hydrogens (tertiary/aromatic N) is 1. The summed E-state index contributed by atoms with van der Waals surface area (Å²) in [4.78, 5) is 18.3. The number of anilines is 1. The number of hydrogen-bond acceptors (Lipinski definition) is 4. The second-order valence-electron chi connectivity index (χ2n) is 19.8. The molecule has 4 N–H and O–H groups in total. The molecule has 0 bridgehead atoms. The first kappa shape index (κ1) is 34.0. The van der Waals surface area contributed by atoms with E-state index in [1.54, 1.807) is 5.57 Å². The summed E-state index contributed by atoms with van der Waals surface area (Å²) in [6.07, 6.45) is 11.2. The summed E-state index contributed by atoms with van der Waals surface area (Å²) in [6, 6.07) is 19.5. The Morgan fingerprint density at radius 1 is 0.923 bits per heavy atom. The number of H-pyrrole nitrogens is 2. The van der Waals surface area contributed by atoms with E-state index in [9.17, 15) is 4.79 Å². The molecule has 4 aromatic rings. The summed E-state index contributed by atoms with van der Waals surface area (Å²) in [5, 5.41) is 9.22. The predicted molar refractivity (Wildman–Crippen MR) is 209 cm³/mol.